The molecule has 0 amide bonds. The molecule has 2 nitrogen and oxygen atoms in total. The zero-order chi connectivity index (χ0) is 13.1. The first-order valence-corrected chi connectivity index (χ1v) is 6.89. The summed E-state index contributed by atoms with van der Waals surface area (Å²) >= 11 is 12.2. The van der Waals surface area contributed by atoms with Crippen LogP contribution < -0.4 is 4.74 Å². The molecule has 0 unspecified atom stereocenters. The molecule has 0 aliphatic heterocycles. The Hall–Kier alpha value is -0.650. The van der Waals surface area contributed by atoms with E-state index in [9.17, 15) is 4.39 Å². The van der Waals surface area contributed by atoms with E-state index in [2.05, 4.69) is 36.8 Å². The molecule has 2 aromatic rings. The van der Waals surface area contributed by atoms with Gasteiger partial charge in [0.1, 0.15) is 18.2 Å². The van der Waals surface area contributed by atoms with Crippen LogP contribution in [-0.2, 0) is 6.61 Å². The Morgan fingerprint density at radius 3 is 2.72 bits per heavy atom. The lowest BCUT2D eigenvalue weighted by atomic mass is 10.3. The number of hydrogen-bond acceptors (Lipinski definition) is 2. The van der Waals surface area contributed by atoms with Gasteiger partial charge in [-0.1, -0.05) is 11.6 Å². The Morgan fingerprint density at radius 1 is 1.22 bits per heavy atom. The molecule has 18 heavy (non-hydrogen) atoms. The zero-order valence-corrected chi connectivity index (χ0v) is 12.9. The average Bonchev–Trinajstić information content (AvgIpc) is 2.32. The van der Waals surface area contributed by atoms with Crippen LogP contribution in [0.5, 0.6) is 5.75 Å². The van der Waals surface area contributed by atoms with Crippen molar-refractivity contribution in [2.24, 2.45) is 0 Å². The van der Waals surface area contributed by atoms with Crippen molar-refractivity contribution < 1.29 is 9.13 Å². The van der Waals surface area contributed by atoms with Crippen molar-refractivity contribution >= 4 is 43.5 Å². The number of aromatic nitrogens is 1. The van der Waals surface area contributed by atoms with E-state index >= 15 is 0 Å². The second-order valence-corrected chi connectivity index (χ2v) is 5.67. The average molecular weight is 395 g/mol. The minimum Gasteiger partial charge on any atom is -0.488 e. The van der Waals surface area contributed by atoms with Gasteiger partial charge in [0.15, 0.2) is 0 Å². The highest BCUT2D eigenvalue weighted by Crippen LogP contribution is 2.31. The molecule has 0 N–H and O–H groups in total. The third kappa shape index (κ3) is 3.43. The Labute approximate surface area is 125 Å². The summed E-state index contributed by atoms with van der Waals surface area (Å²) in [4.78, 5) is 4.02. The molecule has 1 aromatic heterocycles. The van der Waals surface area contributed by atoms with Gasteiger partial charge in [0.2, 0.25) is 0 Å². The maximum absolute atomic E-state index is 13.3. The van der Waals surface area contributed by atoms with Crippen LogP contribution in [0, 0.1) is 5.82 Å². The number of rotatable bonds is 3. The van der Waals surface area contributed by atoms with E-state index in [1.807, 2.05) is 6.07 Å². The van der Waals surface area contributed by atoms with Gasteiger partial charge in [-0.15, -0.1) is 0 Å². The maximum atomic E-state index is 13.3. The van der Waals surface area contributed by atoms with Crippen molar-refractivity contribution in [2.75, 3.05) is 0 Å². The molecular formula is C12H7Br2ClFNO. The first-order chi connectivity index (χ1) is 8.56. The van der Waals surface area contributed by atoms with Gasteiger partial charge in [-0.05, 0) is 44.0 Å². The second kappa shape index (κ2) is 5.99. The number of benzene rings is 1. The third-order valence-electron chi connectivity index (χ3n) is 2.13. The van der Waals surface area contributed by atoms with Crippen LogP contribution in [0.15, 0.2) is 39.5 Å². The molecule has 0 saturated heterocycles. The Kier molecular flexibility index (Phi) is 4.59. The Morgan fingerprint density at radius 2 is 2.00 bits per heavy atom. The van der Waals surface area contributed by atoms with Crippen molar-refractivity contribution in [3.63, 3.8) is 0 Å². The summed E-state index contributed by atoms with van der Waals surface area (Å²) in [5.41, 5.74) is 0.881. The van der Waals surface area contributed by atoms with Crippen molar-refractivity contribution in [3.8, 4) is 5.75 Å². The van der Waals surface area contributed by atoms with Crippen molar-refractivity contribution in [3.05, 3.63) is 55.9 Å². The van der Waals surface area contributed by atoms with Gasteiger partial charge in [-0.3, -0.25) is 4.98 Å². The monoisotopic (exact) mass is 393 g/mol. The highest BCUT2D eigenvalue weighted by Gasteiger charge is 2.08. The summed E-state index contributed by atoms with van der Waals surface area (Å²) in [6, 6.07) is 4.59. The molecule has 6 heteroatoms. The van der Waals surface area contributed by atoms with Gasteiger partial charge in [0.05, 0.1) is 9.50 Å². The van der Waals surface area contributed by atoms with E-state index in [4.69, 9.17) is 16.3 Å². The van der Waals surface area contributed by atoms with E-state index < -0.39 is 5.82 Å². The van der Waals surface area contributed by atoms with Crippen molar-refractivity contribution in [2.45, 2.75) is 6.61 Å². The van der Waals surface area contributed by atoms with E-state index in [0.717, 1.165) is 10.0 Å². The number of hydrogen-bond donors (Lipinski definition) is 0. The van der Waals surface area contributed by atoms with Gasteiger partial charge in [0.25, 0.3) is 0 Å². The number of nitrogens with zero attached hydrogens (tertiary/aromatic N) is 1. The molecule has 0 spiro atoms. The summed E-state index contributed by atoms with van der Waals surface area (Å²) in [6.45, 7) is 0.298. The summed E-state index contributed by atoms with van der Waals surface area (Å²) in [7, 11) is 0. The van der Waals surface area contributed by atoms with Crippen LogP contribution in [0.25, 0.3) is 0 Å². The minimum absolute atomic E-state index is 0.0540. The summed E-state index contributed by atoms with van der Waals surface area (Å²) in [6.07, 6.45) is 3.37. The maximum Gasteiger partial charge on any atom is 0.145 e. The lowest BCUT2D eigenvalue weighted by Gasteiger charge is -2.09. The van der Waals surface area contributed by atoms with Gasteiger partial charge in [-0.25, -0.2) is 4.39 Å². The third-order valence-corrected chi connectivity index (χ3v) is 3.47. The van der Waals surface area contributed by atoms with Gasteiger partial charge in [-0.2, -0.15) is 0 Å². The fraction of sp³-hybridized carbons (Fsp3) is 0.0833. The highest BCUT2D eigenvalue weighted by molar-refractivity contribution is 9.10. The SMILES string of the molecule is Fc1cc(OCc2cncc(Br)c2)c(Br)cc1Cl. The number of ether oxygens (including phenoxy) is 1. The molecule has 1 aromatic carbocycles. The number of halogens is 4. The van der Waals surface area contributed by atoms with Crippen LogP contribution in [-0.4, -0.2) is 4.98 Å². The molecular weight excluding hydrogens is 388 g/mol. The molecule has 94 valence electrons. The first kappa shape index (κ1) is 13.8. The van der Waals surface area contributed by atoms with Gasteiger partial charge >= 0.3 is 0 Å². The summed E-state index contributed by atoms with van der Waals surface area (Å²) in [5, 5.41) is 0.0540. The largest absolute Gasteiger partial charge is 0.488 e. The fourth-order valence-corrected chi connectivity index (χ4v) is 2.48. The molecule has 0 radical (unpaired) electrons. The topological polar surface area (TPSA) is 22.1 Å². The van der Waals surface area contributed by atoms with Crippen molar-refractivity contribution in [1.82, 2.24) is 4.98 Å². The van der Waals surface area contributed by atoms with Gasteiger partial charge < -0.3 is 4.74 Å². The molecule has 0 aliphatic rings. The van der Waals surface area contributed by atoms with E-state index in [0.29, 0.717) is 16.8 Å². The zero-order valence-electron chi connectivity index (χ0n) is 8.96. The molecule has 0 fully saturated rings. The lowest BCUT2D eigenvalue weighted by molar-refractivity contribution is 0.302. The Balaban J connectivity index is 2.13. The molecule has 0 aliphatic carbocycles. The lowest BCUT2D eigenvalue weighted by Crippen LogP contribution is -1.97. The first-order valence-electron chi connectivity index (χ1n) is 4.93. The normalized spacial score (nSPS) is 10.4. The van der Waals surface area contributed by atoms with Crippen LogP contribution in [0.3, 0.4) is 0 Å². The summed E-state index contributed by atoms with van der Waals surface area (Å²) in [5.74, 6) is -0.112. The van der Waals surface area contributed by atoms with Crippen molar-refractivity contribution in [1.29, 1.82) is 0 Å². The second-order valence-electron chi connectivity index (χ2n) is 3.50. The minimum atomic E-state index is -0.512. The van der Waals surface area contributed by atoms with E-state index in [1.165, 1.54) is 12.1 Å². The molecule has 0 bridgehead atoms. The number of pyridine rings is 1. The smallest absolute Gasteiger partial charge is 0.145 e. The quantitative estimate of drug-likeness (QED) is 0.684. The molecule has 0 atom stereocenters. The summed E-state index contributed by atoms with van der Waals surface area (Å²) < 4.78 is 20.3. The molecule has 1 heterocycles. The highest BCUT2D eigenvalue weighted by atomic mass is 79.9. The van der Waals surface area contributed by atoms with Crippen LogP contribution in [0.2, 0.25) is 5.02 Å². The fourth-order valence-electron chi connectivity index (χ4n) is 1.31. The predicted molar refractivity (Wildman–Crippen MR) is 75.4 cm³/mol. The molecule has 2 rings (SSSR count). The molecule has 0 saturated carbocycles. The van der Waals surface area contributed by atoms with Crippen LogP contribution in [0.1, 0.15) is 5.56 Å². The standard InChI is InChI=1S/C12H7Br2ClFNO/c13-8-1-7(4-17-5-8)6-18-12-3-11(16)10(15)2-9(12)14/h1-5H,6H2. The van der Waals surface area contributed by atoms with Crippen LogP contribution in [0.4, 0.5) is 4.39 Å². The van der Waals surface area contributed by atoms with E-state index in [-0.39, 0.29) is 5.02 Å². The Bertz CT molecular complexity index is 580. The van der Waals surface area contributed by atoms with Gasteiger partial charge in [0, 0.05) is 28.5 Å². The van der Waals surface area contributed by atoms with E-state index in [1.54, 1.807) is 12.4 Å². The predicted octanol–water partition coefficient (Wildman–Crippen LogP) is 4.98. The van der Waals surface area contributed by atoms with Crippen LogP contribution >= 0.6 is 43.5 Å².